The Morgan fingerprint density at radius 3 is 1.22 bits per heavy atom. The molecule has 0 saturated carbocycles. The lowest BCUT2D eigenvalue weighted by molar-refractivity contribution is -0.147. The van der Waals surface area contributed by atoms with Crippen LogP contribution in [0.5, 0.6) is 0 Å². The second kappa shape index (κ2) is 24.6. The van der Waals surface area contributed by atoms with E-state index in [2.05, 4.69) is 31.9 Å². The smallest absolute Gasteiger partial charge is 0.249 e. The first-order valence-corrected chi connectivity index (χ1v) is 26.5. The predicted molar refractivity (Wildman–Crippen MR) is 283 cm³/mol. The van der Waals surface area contributed by atoms with E-state index in [-0.39, 0.29) is 97.2 Å². The molecule has 7 rings (SSSR count). The molecule has 18 nitrogen and oxygen atoms in total. The zero-order chi connectivity index (χ0) is 50.7. The van der Waals surface area contributed by atoms with E-state index >= 15 is 0 Å². The largest absolute Gasteiger partial charge is 0.343 e. The molecule has 0 radical (unpaired) electrons. The Morgan fingerprint density at radius 2 is 0.903 bits per heavy atom. The van der Waals surface area contributed by atoms with Crippen molar-refractivity contribution in [2.75, 3.05) is 51.8 Å². The molecule has 6 N–H and O–H groups in total. The SMILES string of the molecule is CNC(C)C(=O)N[C@H]1CCS[C@H]2CC(C)(C)[C@@H](C(=O)NC(C(=O)N3CCN(C(=O)C(NC(=O)[C@H]4N5C(=O)[C@@H](NC(=O)C(C)NC)CCS[C@H]5CC4(C)C)c4ccccc4)CC3)c3ccccc3)N2C1=O.Cl.Cl. The highest BCUT2D eigenvalue weighted by Crippen LogP contribution is 2.48. The van der Waals surface area contributed by atoms with Gasteiger partial charge in [-0.25, -0.2) is 0 Å². The number of fused-ring (bicyclic) bond motifs is 2. The summed E-state index contributed by atoms with van der Waals surface area (Å²) in [6.45, 7) is 11.8. The number of hydrogen-bond acceptors (Lipinski definition) is 12. The molecule has 5 saturated heterocycles. The minimum atomic E-state index is -1.11. The van der Waals surface area contributed by atoms with Gasteiger partial charge in [0, 0.05) is 26.2 Å². The number of carbonyl (C=O) groups excluding carboxylic acids is 8. The highest BCUT2D eigenvalue weighted by molar-refractivity contribution is 8.00. The molecule has 72 heavy (non-hydrogen) atoms. The summed E-state index contributed by atoms with van der Waals surface area (Å²) in [5.74, 6) is -1.74. The third-order valence-corrected chi connectivity index (χ3v) is 17.1. The Balaban J connectivity index is 0.00000481. The van der Waals surface area contributed by atoms with Crippen molar-refractivity contribution in [3.8, 4) is 0 Å². The maximum absolute atomic E-state index is 14.7. The van der Waals surface area contributed by atoms with Crippen molar-refractivity contribution < 1.29 is 38.4 Å². The molecule has 0 spiro atoms. The average molecular weight is 1080 g/mol. The van der Waals surface area contributed by atoms with E-state index in [9.17, 15) is 38.4 Å². The van der Waals surface area contributed by atoms with E-state index in [1.807, 2.05) is 39.8 Å². The summed E-state index contributed by atoms with van der Waals surface area (Å²) in [4.78, 5) is 120. The minimum Gasteiger partial charge on any atom is -0.343 e. The zero-order valence-electron chi connectivity index (χ0n) is 42.3. The molecule has 396 valence electrons. The van der Waals surface area contributed by atoms with Gasteiger partial charge in [0.2, 0.25) is 47.3 Å². The fourth-order valence-electron chi connectivity index (χ4n) is 10.4. The van der Waals surface area contributed by atoms with Crippen LogP contribution in [0.3, 0.4) is 0 Å². The van der Waals surface area contributed by atoms with Gasteiger partial charge in [-0.2, -0.15) is 0 Å². The topological polar surface area (TPSA) is 222 Å². The lowest BCUT2D eigenvalue weighted by Gasteiger charge is -2.39. The zero-order valence-corrected chi connectivity index (χ0v) is 45.6. The molecule has 0 aromatic heterocycles. The molecule has 10 atom stereocenters. The van der Waals surface area contributed by atoms with Gasteiger partial charge in [0.1, 0.15) is 36.3 Å². The average Bonchev–Trinajstić information content (AvgIpc) is 3.67. The van der Waals surface area contributed by atoms with Crippen LogP contribution in [0.1, 0.15) is 90.4 Å². The summed E-state index contributed by atoms with van der Waals surface area (Å²) in [6.07, 6.45) is 1.93. The van der Waals surface area contributed by atoms with E-state index < -0.39 is 71.0 Å². The molecular weight excluding hydrogens is 1000 g/mol. The second-order valence-electron chi connectivity index (χ2n) is 20.4. The van der Waals surface area contributed by atoms with E-state index in [4.69, 9.17) is 0 Å². The second-order valence-corrected chi connectivity index (χ2v) is 23.0. The maximum Gasteiger partial charge on any atom is 0.249 e. The van der Waals surface area contributed by atoms with Crippen LogP contribution in [0.2, 0.25) is 0 Å². The summed E-state index contributed by atoms with van der Waals surface area (Å²) in [5, 5.41) is 17.1. The number of amides is 8. The highest BCUT2D eigenvalue weighted by Gasteiger charge is 2.56. The summed E-state index contributed by atoms with van der Waals surface area (Å²) in [7, 11) is 3.34. The number of piperazine rings is 1. The van der Waals surface area contributed by atoms with Crippen LogP contribution in [-0.2, 0) is 38.4 Å². The van der Waals surface area contributed by atoms with Gasteiger partial charge in [-0.3, -0.25) is 38.4 Å². The lowest BCUT2D eigenvalue weighted by atomic mass is 9.83. The molecule has 2 aromatic carbocycles. The fraction of sp³-hybridized carbons (Fsp3) is 0.600. The molecule has 2 aromatic rings. The third kappa shape index (κ3) is 12.5. The van der Waals surface area contributed by atoms with Crippen LogP contribution in [0.15, 0.2) is 60.7 Å². The first-order valence-electron chi connectivity index (χ1n) is 24.4. The Labute approximate surface area is 444 Å². The molecule has 22 heteroatoms. The Hall–Kier alpha value is -4.60. The third-order valence-electron chi connectivity index (χ3n) is 14.6. The predicted octanol–water partition coefficient (Wildman–Crippen LogP) is 2.58. The van der Waals surface area contributed by atoms with Crippen LogP contribution in [0.4, 0.5) is 0 Å². The summed E-state index contributed by atoms with van der Waals surface area (Å²) in [6, 6.07) is 11.1. The number of thioether (sulfide) groups is 2. The Bertz CT molecular complexity index is 2140. The monoisotopic (exact) mass is 1070 g/mol. The number of benzene rings is 2. The summed E-state index contributed by atoms with van der Waals surface area (Å²) >= 11 is 3.18. The molecular formula is C50H72Cl2N10O8S2. The number of hydrogen-bond donors (Lipinski definition) is 6. The number of rotatable bonds is 14. The summed E-state index contributed by atoms with van der Waals surface area (Å²) in [5.41, 5.74) is -0.212. The van der Waals surface area contributed by atoms with Gasteiger partial charge < -0.3 is 51.5 Å². The van der Waals surface area contributed by atoms with Crippen molar-refractivity contribution in [1.82, 2.24) is 51.5 Å². The first-order chi connectivity index (χ1) is 33.3. The summed E-state index contributed by atoms with van der Waals surface area (Å²) < 4.78 is 0. The molecule has 5 aliphatic rings. The van der Waals surface area contributed by atoms with Crippen molar-refractivity contribution in [2.45, 2.75) is 126 Å². The molecule has 0 aliphatic carbocycles. The van der Waals surface area contributed by atoms with Crippen molar-refractivity contribution in [1.29, 1.82) is 0 Å². The van der Waals surface area contributed by atoms with Crippen LogP contribution < -0.4 is 31.9 Å². The standard InChI is InChI=1S/C50H70N10O8S2.2ClH/c1-29(51-7)41(61)53-33-19-25-69-35-27-49(3,4)39(59(35)45(33)65)43(63)55-37(31-15-11-9-12-16-31)47(67)57-21-23-58(24-22-57)48(68)38(32-17-13-10-14-18-32)56-44(64)40-50(5,6)28-36-60(40)46(66)34(20-26-70-36)54-42(62)30(2)52-8;;/h9-18,29-30,33-40,51-52H,19-28H2,1-8H3,(H,53,61)(H,54,62)(H,55,63)(H,56,64);2*1H/t29?,30?,33-,34-,35-,36-,37?,38?,39+,40+;;/m0../s1. The first kappa shape index (κ1) is 58.3. The molecule has 5 aliphatic heterocycles. The molecule has 0 bridgehead atoms. The quantitative estimate of drug-likeness (QED) is 0.161. The van der Waals surface area contributed by atoms with Crippen LogP contribution in [0, 0.1) is 10.8 Å². The molecule has 4 unspecified atom stereocenters. The number of likely N-dealkylation sites (N-methyl/N-ethyl adjacent to an activating group) is 2. The van der Waals surface area contributed by atoms with E-state index in [0.29, 0.717) is 48.3 Å². The molecule has 8 amide bonds. The Kier molecular flexibility index (Phi) is 19.9. The van der Waals surface area contributed by atoms with Crippen LogP contribution >= 0.6 is 48.3 Å². The normalized spacial score (nSPS) is 26.1. The van der Waals surface area contributed by atoms with Gasteiger partial charge in [0.05, 0.1) is 22.8 Å². The van der Waals surface area contributed by atoms with Gasteiger partial charge in [0.25, 0.3) is 0 Å². The van der Waals surface area contributed by atoms with Gasteiger partial charge >= 0.3 is 0 Å². The number of halogens is 2. The van der Waals surface area contributed by atoms with Crippen molar-refractivity contribution in [3.63, 3.8) is 0 Å². The number of nitrogens with one attached hydrogen (secondary N) is 6. The number of carbonyl (C=O) groups is 8. The van der Waals surface area contributed by atoms with Crippen LogP contribution in [0.25, 0.3) is 0 Å². The van der Waals surface area contributed by atoms with E-state index in [1.165, 1.54) is 0 Å². The van der Waals surface area contributed by atoms with Gasteiger partial charge in [-0.15, -0.1) is 48.3 Å². The lowest BCUT2D eigenvalue weighted by Crippen LogP contribution is -2.60. The number of nitrogens with zero attached hydrogens (tertiary/aromatic N) is 4. The molecule has 5 fully saturated rings. The van der Waals surface area contributed by atoms with Crippen molar-refractivity contribution >= 4 is 95.6 Å². The van der Waals surface area contributed by atoms with Crippen molar-refractivity contribution in [2.24, 2.45) is 10.8 Å². The van der Waals surface area contributed by atoms with Crippen molar-refractivity contribution in [3.05, 3.63) is 71.8 Å². The highest BCUT2D eigenvalue weighted by atomic mass is 35.5. The van der Waals surface area contributed by atoms with Crippen LogP contribution in [-0.4, -0.2) is 166 Å². The maximum atomic E-state index is 14.7. The van der Waals surface area contributed by atoms with E-state index in [1.54, 1.807) is 120 Å². The van der Waals surface area contributed by atoms with Gasteiger partial charge in [-0.1, -0.05) is 88.4 Å². The fourth-order valence-corrected chi connectivity index (χ4v) is 13.5. The Morgan fingerprint density at radius 1 is 0.569 bits per heavy atom. The molecule has 5 heterocycles. The van der Waals surface area contributed by atoms with Gasteiger partial charge in [0.15, 0.2) is 0 Å². The minimum absolute atomic E-state index is 0. The van der Waals surface area contributed by atoms with E-state index in [0.717, 1.165) is 0 Å². The van der Waals surface area contributed by atoms with Gasteiger partial charge in [-0.05, 0) is 87.1 Å².